The summed E-state index contributed by atoms with van der Waals surface area (Å²) >= 11 is 3.18. The first kappa shape index (κ1) is 20.4. The molecule has 0 saturated carbocycles. The van der Waals surface area contributed by atoms with Crippen LogP contribution in [0.4, 0.5) is 0 Å². The van der Waals surface area contributed by atoms with E-state index in [2.05, 4.69) is 15.9 Å². The number of rotatable bonds is 5. The molecule has 1 unspecified atom stereocenters. The monoisotopic (exact) mass is 410 g/mol. The van der Waals surface area contributed by atoms with Gasteiger partial charge in [0.1, 0.15) is 12.7 Å². The van der Waals surface area contributed by atoms with Crippen molar-refractivity contribution in [3.05, 3.63) is 0 Å². The number of hydrogen-bond donors (Lipinski definition) is 0. The van der Waals surface area contributed by atoms with E-state index < -0.39 is 53.3 Å². The first-order valence-corrected chi connectivity index (χ1v) is 7.98. The summed E-state index contributed by atoms with van der Waals surface area (Å²) in [4.78, 5) is 45.1. The van der Waals surface area contributed by atoms with Gasteiger partial charge in [0, 0.05) is 27.7 Å². The highest BCUT2D eigenvalue weighted by Crippen LogP contribution is 2.31. The summed E-state index contributed by atoms with van der Waals surface area (Å²) in [6.45, 7) is 4.47. The molecular weight excluding hydrogens is 392 g/mol. The highest BCUT2D eigenvalue weighted by atomic mass is 79.9. The van der Waals surface area contributed by atoms with Crippen LogP contribution < -0.4 is 0 Å². The predicted octanol–water partition coefficient (Wildman–Crippen LogP) is 0.464. The number of ether oxygens (including phenoxy) is 5. The van der Waals surface area contributed by atoms with Gasteiger partial charge >= 0.3 is 23.9 Å². The number of esters is 4. The fourth-order valence-electron chi connectivity index (χ4n) is 2.18. The summed E-state index contributed by atoms with van der Waals surface area (Å²) in [5, 5.41) is -0.863. The van der Waals surface area contributed by atoms with Crippen LogP contribution in [0.5, 0.6) is 0 Å². The van der Waals surface area contributed by atoms with Gasteiger partial charge in [0.15, 0.2) is 23.3 Å². The van der Waals surface area contributed by atoms with Crippen molar-refractivity contribution in [1.82, 2.24) is 0 Å². The summed E-state index contributed by atoms with van der Waals surface area (Å²) in [5.41, 5.74) is 0. The molecule has 1 aliphatic rings. The van der Waals surface area contributed by atoms with Crippen LogP contribution in [0.1, 0.15) is 27.7 Å². The fourth-order valence-corrected chi connectivity index (χ4v) is 2.86. The predicted molar refractivity (Wildman–Crippen MR) is 80.9 cm³/mol. The summed E-state index contributed by atoms with van der Waals surface area (Å²) in [7, 11) is 0. The van der Waals surface area contributed by atoms with Gasteiger partial charge in [-0.15, -0.1) is 0 Å². The van der Waals surface area contributed by atoms with E-state index in [1.165, 1.54) is 13.8 Å². The molecule has 5 atom stereocenters. The van der Waals surface area contributed by atoms with Gasteiger partial charge in [-0.25, -0.2) is 0 Å². The average Bonchev–Trinajstić information content (AvgIpc) is 2.42. The lowest BCUT2D eigenvalue weighted by Gasteiger charge is -2.42. The summed E-state index contributed by atoms with van der Waals surface area (Å²) < 4.78 is 25.9. The normalized spacial score (nSPS) is 29.3. The molecule has 0 N–H and O–H groups in total. The topological polar surface area (TPSA) is 114 Å². The molecule has 0 aliphatic carbocycles. The SMILES string of the molecule is CC(=O)OC[C@H]1O[C@H](Br)C(OC(C)=O)[C@@H](OC(C)=O)[C@H]1OC(C)=O. The van der Waals surface area contributed by atoms with Gasteiger partial charge in [0.25, 0.3) is 0 Å². The van der Waals surface area contributed by atoms with Crippen LogP contribution in [0, 0.1) is 0 Å². The number of hydrogen-bond acceptors (Lipinski definition) is 9. The van der Waals surface area contributed by atoms with Crippen LogP contribution in [0.25, 0.3) is 0 Å². The lowest BCUT2D eigenvalue weighted by molar-refractivity contribution is -0.236. The minimum atomic E-state index is -1.13. The van der Waals surface area contributed by atoms with E-state index >= 15 is 0 Å². The van der Waals surface area contributed by atoms with Gasteiger partial charge < -0.3 is 23.7 Å². The Hall–Kier alpha value is -1.68. The zero-order valence-corrected chi connectivity index (χ0v) is 15.2. The van der Waals surface area contributed by atoms with Crippen LogP contribution in [0.2, 0.25) is 0 Å². The van der Waals surface area contributed by atoms with E-state index in [-0.39, 0.29) is 6.61 Å². The van der Waals surface area contributed by atoms with Gasteiger partial charge in [0.2, 0.25) is 0 Å². The van der Waals surface area contributed by atoms with E-state index in [9.17, 15) is 19.2 Å². The molecule has 24 heavy (non-hydrogen) atoms. The molecule has 0 amide bonds. The Kier molecular flexibility index (Phi) is 7.61. The second-order valence-electron chi connectivity index (χ2n) is 5.05. The van der Waals surface area contributed by atoms with Crippen molar-refractivity contribution in [1.29, 1.82) is 0 Å². The van der Waals surface area contributed by atoms with Crippen LogP contribution in [0.3, 0.4) is 0 Å². The maximum Gasteiger partial charge on any atom is 0.303 e. The van der Waals surface area contributed by atoms with Gasteiger partial charge in [-0.2, -0.15) is 0 Å². The number of carbonyl (C=O) groups is 4. The minimum absolute atomic E-state index is 0.236. The van der Waals surface area contributed by atoms with Gasteiger partial charge in [0.05, 0.1) is 0 Å². The number of carbonyl (C=O) groups excluding carboxylic acids is 4. The number of alkyl halides is 1. The van der Waals surface area contributed by atoms with Crippen LogP contribution in [-0.4, -0.2) is 59.9 Å². The standard InChI is InChI=1S/C14H19BrO9/c1-6(16)20-5-10-11(21-7(2)17)12(22-8(3)18)13(14(15)24-10)23-9(4)19/h10-14H,5H2,1-4H3/t10-,11+,12+,13?,14+/m1/s1. The zero-order chi connectivity index (χ0) is 18.4. The van der Waals surface area contributed by atoms with E-state index in [1.807, 2.05) is 0 Å². The third-order valence-electron chi connectivity index (χ3n) is 2.93. The molecule has 1 saturated heterocycles. The molecular formula is C14H19BrO9. The van der Waals surface area contributed by atoms with E-state index in [4.69, 9.17) is 23.7 Å². The summed E-state index contributed by atoms with van der Waals surface area (Å²) in [6.07, 6.45) is -4.22. The Labute approximate surface area is 147 Å². The molecule has 136 valence electrons. The van der Waals surface area contributed by atoms with Gasteiger partial charge in [-0.1, -0.05) is 15.9 Å². The molecule has 1 aliphatic heterocycles. The Morgan fingerprint density at radius 3 is 1.71 bits per heavy atom. The van der Waals surface area contributed by atoms with Crippen molar-refractivity contribution in [2.75, 3.05) is 6.61 Å². The molecule has 10 heteroatoms. The van der Waals surface area contributed by atoms with E-state index in [1.54, 1.807) is 0 Å². The first-order valence-electron chi connectivity index (χ1n) is 7.06. The molecule has 0 radical (unpaired) electrons. The molecule has 9 nitrogen and oxygen atoms in total. The quantitative estimate of drug-likeness (QED) is 0.362. The van der Waals surface area contributed by atoms with Crippen molar-refractivity contribution in [2.45, 2.75) is 57.1 Å². The zero-order valence-electron chi connectivity index (χ0n) is 13.6. The van der Waals surface area contributed by atoms with Crippen molar-refractivity contribution in [3.63, 3.8) is 0 Å². The molecule has 0 aromatic carbocycles. The third kappa shape index (κ3) is 6.08. The van der Waals surface area contributed by atoms with Crippen LogP contribution in [0.15, 0.2) is 0 Å². The highest BCUT2D eigenvalue weighted by Gasteiger charge is 2.51. The van der Waals surface area contributed by atoms with Crippen molar-refractivity contribution in [2.24, 2.45) is 0 Å². The van der Waals surface area contributed by atoms with E-state index in [0.29, 0.717) is 0 Å². The second-order valence-corrected chi connectivity index (χ2v) is 5.95. The van der Waals surface area contributed by atoms with E-state index in [0.717, 1.165) is 13.8 Å². The Bertz CT molecular complexity index is 506. The largest absolute Gasteiger partial charge is 0.463 e. The average molecular weight is 411 g/mol. The van der Waals surface area contributed by atoms with Crippen molar-refractivity contribution in [3.8, 4) is 0 Å². The Morgan fingerprint density at radius 2 is 1.25 bits per heavy atom. The Morgan fingerprint density at radius 1 is 0.792 bits per heavy atom. The maximum absolute atomic E-state index is 11.4. The van der Waals surface area contributed by atoms with Crippen LogP contribution >= 0.6 is 15.9 Å². The highest BCUT2D eigenvalue weighted by molar-refractivity contribution is 9.09. The molecule has 0 aromatic rings. The molecule has 0 bridgehead atoms. The summed E-state index contributed by atoms with van der Waals surface area (Å²) in [6, 6.07) is 0. The molecule has 1 fully saturated rings. The number of halogens is 1. The lowest BCUT2D eigenvalue weighted by atomic mass is 9.99. The Balaban J connectivity index is 3.11. The molecule has 1 rings (SSSR count). The summed E-state index contributed by atoms with van der Waals surface area (Å²) in [5.74, 6) is -2.52. The van der Waals surface area contributed by atoms with Gasteiger partial charge in [-0.3, -0.25) is 19.2 Å². The van der Waals surface area contributed by atoms with Crippen molar-refractivity contribution >= 4 is 39.8 Å². The molecule has 0 aromatic heterocycles. The second kappa shape index (κ2) is 8.97. The third-order valence-corrected chi connectivity index (χ3v) is 3.67. The first-order chi connectivity index (χ1) is 11.1. The maximum atomic E-state index is 11.4. The fraction of sp³-hybridized carbons (Fsp3) is 0.714. The molecule has 0 spiro atoms. The van der Waals surface area contributed by atoms with Gasteiger partial charge in [-0.05, 0) is 0 Å². The lowest BCUT2D eigenvalue weighted by Crippen LogP contribution is -2.60. The smallest absolute Gasteiger partial charge is 0.303 e. The minimum Gasteiger partial charge on any atom is -0.463 e. The molecule has 1 heterocycles. The van der Waals surface area contributed by atoms with Crippen LogP contribution in [-0.2, 0) is 42.9 Å². The van der Waals surface area contributed by atoms with Crippen molar-refractivity contribution < 1.29 is 42.9 Å².